The monoisotopic (exact) mass is 326 g/mol. The number of carbonyl (C=O) groups excluding carboxylic acids is 1. The lowest BCUT2D eigenvalue weighted by Crippen LogP contribution is -2.41. The molecule has 0 radical (unpaired) electrons. The third kappa shape index (κ3) is 5.33. The summed E-state index contributed by atoms with van der Waals surface area (Å²) < 4.78 is 0. The van der Waals surface area contributed by atoms with Crippen molar-refractivity contribution in [2.24, 2.45) is 5.92 Å². The zero-order valence-corrected chi connectivity index (χ0v) is 15.1. The normalized spacial score (nSPS) is 11.4. The predicted molar refractivity (Wildman–Crippen MR) is 98.0 cm³/mol. The van der Waals surface area contributed by atoms with Crippen LogP contribution in [0.1, 0.15) is 45.1 Å². The van der Waals surface area contributed by atoms with E-state index in [1.165, 1.54) is 0 Å². The van der Waals surface area contributed by atoms with E-state index < -0.39 is 0 Å². The first-order valence-corrected chi connectivity index (χ1v) is 8.25. The quantitative estimate of drug-likeness (QED) is 0.878. The largest absolute Gasteiger partial charge is 0.370 e. The van der Waals surface area contributed by atoms with E-state index in [2.05, 4.69) is 34.4 Å². The molecule has 1 aromatic carbocycles. The molecule has 2 aromatic rings. The van der Waals surface area contributed by atoms with Gasteiger partial charge < -0.3 is 10.6 Å². The molecule has 5 heteroatoms. The molecular weight excluding hydrogens is 300 g/mol. The fourth-order valence-corrected chi connectivity index (χ4v) is 2.08. The van der Waals surface area contributed by atoms with Crippen LogP contribution in [0.5, 0.6) is 0 Å². The molecule has 1 amide bonds. The van der Waals surface area contributed by atoms with Crippen molar-refractivity contribution in [2.75, 3.05) is 11.9 Å². The maximum absolute atomic E-state index is 12.5. The average Bonchev–Trinajstić information content (AvgIpc) is 2.52. The SMILES string of the molecule is CC(C)CNc1cc(C(=O)NC(C)(C)C)nc(-c2ccccc2)n1. The standard InChI is InChI=1S/C19H26N4O/c1-13(2)12-20-16-11-15(18(24)23-19(3,4)5)21-17(22-16)14-9-7-6-8-10-14/h6-11,13H,12H2,1-5H3,(H,23,24)(H,20,21,22). The minimum Gasteiger partial charge on any atom is -0.370 e. The molecule has 5 nitrogen and oxygen atoms in total. The van der Waals surface area contributed by atoms with Gasteiger partial charge in [-0.25, -0.2) is 9.97 Å². The number of anilines is 1. The summed E-state index contributed by atoms with van der Waals surface area (Å²) in [5.74, 6) is 1.49. The van der Waals surface area contributed by atoms with Gasteiger partial charge in [0.05, 0.1) is 0 Å². The third-order valence-corrected chi connectivity index (χ3v) is 3.17. The molecule has 24 heavy (non-hydrogen) atoms. The van der Waals surface area contributed by atoms with E-state index in [-0.39, 0.29) is 11.4 Å². The summed E-state index contributed by atoms with van der Waals surface area (Å²) in [7, 11) is 0. The van der Waals surface area contributed by atoms with Crippen LogP contribution in [0.2, 0.25) is 0 Å². The summed E-state index contributed by atoms with van der Waals surface area (Å²) in [5.41, 5.74) is 0.932. The second kappa shape index (κ2) is 7.43. The van der Waals surface area contributed by atoms with Crippen LogP contribution in [0.3, 0.4) is 0 Å². The highest BCUT2D eigenvalue weighted by molar-refractivity contribution is 5.93. The molecule has 128 valence electrons. The Morgan fingerprint density at radius 2 is 1.79 bits per heavy atom. The van der Waals surface area contributed by atoms with Crippen LogP contribution >= 0.6 is 0 Å². The second-order valence-electron chi connectivity index (χ2n) is 7.31. The van der Waals surface area contributed by atoms with Crippen LogP contribution < -0.4 is 10.6 Å². The summed E-state index contributed by atoms with van der Waals surface area (Å²) in [4.78, 5) is 21.5. The molecular formula is C19H26N4O. The molecule has 0 unspecified atom stereocenters. The van der Waals surface area contributed by atoms with Gasteiger partial charge in [0.15, 0.2) is 5.82 Å². The highest BCUT2D eigenvalue weighted by atomic mass is 16.2. The Bertz CT molecular complexity index is 690. The number of hydrogen-bond acceptors (Lipinski definition) is 4. The van der Waals surface area contributed by atoms with Gasteiger partial charge in [0.25, 0.3) is 5.91 Å². The van der Waals surface area contributed by atoms with Crippen LogP contribution in [0.25, 0.3) is 11.4 Å². The van der Waals surface area contributed by atoms with E-state index >= 15 is 0 Å². The summed E-state index contributed by atoms with van der Waals surface area (Å²) in [5, 5.41) is 6.23. The van der Waals surface area contributed by atoms with E-state index in [1.54, 1.807) is 6.07 Å². The minimum absolute atomic E-state index is 0.199. The van der Waals surface area contributed by atoms with Crippen molar-refractivity contribution < 1.29 is 4.79 Å². The Morgan fingerprint density at radius 1 is 1.12 bits per heavy atom. The second-order valence-corrected chi connectivity index (χ2v) is 7.31. The molecule has 0 fully saturated rings. The Labute approximate surface area is 143 Å². The highest BCUT2D eigenvalue weighted by Gasteiger charge is 2.18. The number of rotatable bonds is 5. The molecule has 0 saturated carbocycles. The van der Waals surface area contributed by atoms with Gasteiger partial charge in [-0.2, -0.15) is 0 Å². The Hall–Kier alpha value is -2.43. The van der Waals surface area contributed by atoms with Gasteiger partial charge in [-0.15, -0.1) is 0 Å². The Kier molecular flexibility index (Phi) is 5.54. The van der Waals surface area contributed by atoms with Crippen molar-refractivity contribution in [3.05, 3.63) is 42.1 Å². The first-order valence-electron chi connectivity index (χ1n) is 8.25. The molecule has 0 spiro atoms. The average molecular weight is 326 g/mol. The smallest absolute Gasteiger partial charge is 0.270 e. The lowest BCUT2D eigenvalue weighted by molar-refractivity contribution is 0.0914. The maximum Gasteiger partial charge on any atom is 0.270 e. The van der Waals surface area contributed by atoms with Crippen LogP contribution in [0, 0.1) is 5.92 Å². The van der Waals surface area contributed by atoms with Crippen molar-refractivity contribution in [1.82, 2.24) is 15.3 Å². The first-order chi connectivity index (χ1) is 11.2. The number of nitrogens with zero attached hydrogens (tertiary/aromatic N) is 2. The van der Waals surface area contributed by atoms with Crippen LogP contribution in [-0.2, 0) is 0 Å². The number of benzene rings is 1. The molecule has 1 heterocycles. The lowest BCUT2D eigenvalue weighted by Gasteiger charge is -2.20. The number of aromatic nitrogens is 2. The Balaban J connectivity index is 2.38. The Morgan fingerprint density at radius 3 is 2.38 bits per heavy atom. The molecule has 0 saturated heterocycles. The lowest BCUT2D eigenvalue weighted by atomic mass is 10.1. The van der Waals surface area contributed by atoms with E-state index in [1.807, 2.05) is 51.1 Å². The van der Waals surface area contributed by atoms with Gasteiger partial charge >= 0.3 is 0 Å². The van der Waals surface area contributed by atoms with E-state index in [4.69, 9.17) is 0 Å². The van der Waals surface area contributed by atoms with E-state index in [0.29, 0.717) is 23.3 Å². The van der Waals surface area contributed by atoms with Gasteiger partial charge in [0.2, 0.25) is 0 Å². The van der Waals surface area contributed by atoms with E-state index in [9.17, 15) is 4.79 Å². The van der Waals surface area contributed by atoms with Gasteiger partial charge in [-0.05, 0) is 26.7 Å². The van der Waals surface area contributed by atoms with Gasteiger partial charge in [0, 0.05) is 23.7 Å². The summed E-state index contributed by atoms with van der Waals surface area (Å²) in [6, 6.07) is 11.4. The van der Waals surface area contributed by atoms with Crippen molar-refractivity contribution >= 4 is 11.7 Å². The minimum atomic E-state index is -0.319. The van der Waals surface area contributed by atoms with Crippen molar-refractivity contribution in [3.8, 4) is 11.4 Å². The topological polar surface area (TPSA) is 66.9 Å². The van der Waals surface area contributed by atoms with Gasteiger partial charge in [0.1, 0.15) is 11.5 Å². The molecule has 0 aliphatic heterocycles. The molecule has 0 bridgehead atoms. The first kappa shape index (κ1) is 17.9. The van der Waals surface area contributed by atoms with Gasteiger partial charge in [-0.1, -0.05) is 44.2 Å². The zero-order valence-electron chi connectivity index (χ0n) is 15.1. The maximum atomic E-state index is 12.5. The number of hydrogen-bond donors (Lipinski definition) is 2. The fraction of sp³-hybridized carbons (Fsp3) is 0.421. The molecule has 2 rings (SSSR count). The number of carbonyl (C=O) groups is 1. The van der Waals surface area contributed by atoms with Gasteiger partial charge in [-0.3, -0.25) is 4.79 Å². The fourth-order valence-electron chi connectivity index (χ4n) is 2.08. The molecule has 1 aromatic heterocycles. The highest BCUT2D eigenvalue weighted by Crippen LogP contribution is 2.18. The van der Waals surface area contributed by atoms with Crippen LogP contribution in [-0.4, -0.2) is 28.0 Å². The third-order valence-electron chi connectivity index (χ3n) is 3.17. The predicted octanol–water partition coefficient (Wildman–Crippen LogP) is 3.74. The van der Waals surface area contributed by atoms with Crippen molar-refractivity contribution in [3.63, 3.8) is 0 Å². The zero-order chi connectivity index (χ0) is 17.7. The van der Waals surface area contributed by atoms with Crippen LogP contribution in [0.4, 0.5) is 5.82 Å². The van der Waals surface area contributed by atoms with Crippen molar-refractivity contribution in [1.29, 1.82) is 0 Å². The van der Waals surface area contributed by atoms with E-state index in [0.717, 1.165) is 12.1 Å². The van der Waals surface area contributed by atoms with Crippen molar-refractivity contribution in [2.45, 2.75) is 40.2 Å². The number of nitrogens with one attached hydrogen (secondary N) is 2. The summed E-state index contributed by atoms with van der Waals surface area (Å²) in [6.07, 6.45) is 0. The number of amides is 1. The molecule has 0 aliphatic rings. The molecule has 2 N–H and O–H groups in total. The molecule has 0 atom stereocenters. The summed E-state index contributed by atoms with van der Waals surface area (Å²) >= 11 is 0. The van der Waals surface area contributed by atoms with Crippen LogP contribution in [0.15, 0.2) is 36.4 Å². The summed E-state index contributed by atoms with van der Waals surface area (Å²) in [6.45, 7) is 10.9. The molecule has 0 aliphatic carbocycles.